The number of nitrogen functional groups attached to an aromatic ring is 1. The van der Waals surface area contributed by atoms with Crippen LogP contribution >= 0.6 is 0 Å². The largest absolute Gasteiger partial charge is 0.478 e. The summed E-state index contributed by atoms with van der Waals surface area (Å²) in [7, 11) is 0. The highest BCUT2D eigenvalue weighted by Gasteiger charge is 2.12. The van der Waals surface area contributed by atoms with Gasteiger partial charge >= 0.3 is 5.97 Å². The van der Waals surface area contributed by atoms with Crippen molar-refractivity contribution in [2.45, 2.75) is 13.8 Å². The number of aromatic nitrogens is 3. The molecule has 0 aliphatic heterocycles. The number of aryl methyl sites for hydroxylation is 1. The molecule has 6 heteroatoms. The molecule has 0 radical (unpaired) electrons. The maximum atomic E-state index is 11.0. The van der Waals surface area contributed by atoms with E-state index in [1.165, 1.54) is 12.3 Å². The Labute approximate surface area is 97.7 Å². The molecule has 0 fully saturated rings. The van der Waals surface area contributed by atoms with E-state index in [1.54, 1.807) is 10.9 Å². The summed E-state index contributed by atoms with van der Waals surface area (Å²) in [5.74, 6) is -0.574. The van der Waals surface area contributed by atoms with Crippen molar-refractivity contribution >= 4 is 11.7 Å². The fourth-order valence-electron chi connectivity index (χ4n) is 1.50. The van der Waals surface area contributed by atoms with Crippen LogP contribution in [-0.2, 0) is 0 Å². The maximum absolute atomic E-state index is 11.0. The summed E-state index contributed by atoms with van der Waals surface area (Å²) in [5, 5.41) is 8.98. The van der Waals surface area contributed by atoms with Crippen LogP contribution in [0.5, 0.6) is 0 Å². The van der Waals surface area contributed by atoms with Crippen molar-refractivity contribution in [3.8, 4) is 5.82 Å². The van der Waals surface area contributed by atoms with E-state index in [4.69, 9.17) is 10.8 Å². The van der Waals surface area contributed by atoms with Gasteiger partial charge in [-0.15, -0.1) is 0 Å². The molecule has 0 aliphatic carbocycles. The van der Waals surface area contributed by atoms with Crippen LogP contribution in [0, 0.1) is 13.8 Å². The molecule has 0 saturated carbocycles. The van der Waals surface area contributed by atoms with Crippen LogP contribution in [0.4, 0.5) is 5.69 Å². The fourth-order valence-corrected chi connectivity index (χ4v) is 1.50. The molecule has 2 heterocycles. The molecular weight excluding hydrogens is 220 g/mol. The summed E-state index contributed by atoms with van der Waals surface area (Å²) < 4.78 is 1.72. The summed E-state index contributed by atoms with van der Waals surface area (Å²) >= 11 is 0. The van der Waals surface area contributed by atoms with Crippen molar-refractivity contribution in [3.63, 3.8) is 0 Å². The fraction of sp³-hybridized carbons (Fsp3) is 0.182. The number of nitrogens with zero attached hydrogens (tertiary/aromatic N) is 3. The van der Waals surface area contributed by atoms with Gasteiger partial charge < -0.3 is 10.8 Å². The minimum atomic E-state index is -1.07. The lowest BCUT2D eigenvalue weighted by atomic mass is 10.2. The zero-order valence-electron chi connectivity index (χ0n) is 9.51. The smallest absolute Gasteiger partial charge is 0.337 e. The number of carboxylic acids is 1. The van der Waals surface area contributed by atoms with Crippen molar-refractivity contribution in [3.05, 3.63) is 35.5 Å². The van der Waals surface area contributed by atoms with E-state index >= 15 is 0 Å². The first kappa shape index (κ1) is 11.1. The van der Waals surface area contributed by atoms with E-state index in [9.17, 15) is 4.79 Å². The number of pyridine rings is 1. The average molecular weight is 232 g/mol. The van der Waals surface area contributed by atoms with Gasteiger partial charge in [0, 0.05) is 5.69 Å². The van der Waals surface area contributed by atoms with Gasteiger partial charge in [0.15, 0.2) is 0 Å². The van der Waals surface area contributed by atoms with E-state index in [0.717, 1.165) is 11.4 Å². The Hall–Kier alpha value is -2.37. The summed E-state index contributed by atoms with van der Waals surface area (Å²) in [6.45, 7) is 3.77. The van der Waals surface area contributed by atoms with Crippen LogP contribution in [0.3, 0.4) is 0 Å². The Morgan fingerprint density at radius 1 is 1.41 bits per heavy atom. The van der Waals surface area contributed by atoms with E-state index in [1.807, 2.05) is 13.8 Å². The van der Waals surface area contributed by atoms with Gasteiger partial charge in [0.05, 0.1) is 23.1 Å². The topological polar surface area (TPSA) is 94.0 Å². The SMILES string of the molecule is Cc1ncn(-c2cc(C(=O)O)c(N)cn2)c1C. The van der Waals surface area contributed by atoms with Gasteiger partial charge in [0.25, 0.3) is 0 Å². The van der Waals surface area contributed by atoms with Crippen molar-refractivity contribution in [2.24, 2.45) is 0 Å². The Kier molecular flexibility index (Phi) is 2.55. The van der Waals surface area contributed by atoms with E-state index in [-0.39, 0.29) is 11.3 Å². The molecule has 0 spiro atoms. The Bertz CT molecular complexity index is 589. The van der Waals surface area contributed by atoms with Crippen molar-refractivity contribution in [2.75, 3.05) is 5.73 Å². The second-order valence-corrected chi connectivity index (χ2v) is 3.72. The lowest BCUT2D eigenvalue weighted by Gasteiger charge is -2.07. The average Bonchev–Trinajstić information content (AvgIpc) is 2.60. The van der Waals surface area contributed by atoms with Gasteiger partial charge in [-0.1, -0.05) is 0 Å². The van der Waals surface area contributed by atoms with Crippen LogP contribution in [0.25, 0.3) is 5.82 Å². The maximum Gasteiger partial charge on any atom is 0.337 e. The summed E-state index contributed by atoms with van der Waals surface area (Å²) in [6, 6.07) is 1.44. The molecule has 0 aromatic carbocycles. The van der Waals surface area contributed by atoms with E-state index in [0.29, 0.717) is 5.82 Å². The predicted molar refractivity (Wildman–Crippen MR) is 62.2 cm³/mol. The van der Waals surface area contributed by atoms with Gasteiger partial charge in [-0.05, 0) is 19.9 Å². The standard InChI is InChI=1S/C11H12N4O2/c1-6-7(2)15(5-14-6)10-3-8(11(16)17)9(12)4-13-10/h3-5H,12H2,1-2H3,(H,16,17). The van der Waals surface area contributed by atoms with Crippen LogP contribution in [0.15, 0.2) is 18.6 Å². The van der Waals surface area contributed by atoms with Crippen LogP contribution in [0.2, 0.25) is 0 Å². The highest BCUT2D eigenvalue weighted by atomic mass is 16.4. The first-order valence-corrected chi connectivity index (χ1v) is 5.00. The van der Waals surface area contributed by atoms with Crippen molar-refractivity contribution < 1.29 is 9.90 Å². The number of imidazole rings is 1. The Morgan fingerprint density at radius 3 is 2.65 bits per heavy atom. The zero-order valence-corrected chi connectivity index (χ0v) is 9.51. The van der Waals surface area contributed by atoms with E-state index in [2.05, 4.69) is 9.97 Å². The predicted octanol–water partition coefficient (Wildman–Crippen LogP) is 1.16. The molecular formula is C11H12N4O2. The number of rotatable bonds is 2. The second kappa shape index (κ2) is 3.89. The highest BCUT2D eigenvalue weighted by molar-refractivity contribution is 5.93. The van der Waals surface area contributed by atoms with Gasteiger partial charge in [-0.2, -0.15) is 0 Å². The lowest BCUT2D eigenvalue weighted by Crippen LogP contribution is -2.07. The number of carbonyl (C=O) groups is 1. The third-order valence-electron chi connectivity index (χ3n) is 2.65. The third-order valence-corrected chi connectivity index (χ3v) is 2.65. The molecule has 0 unspecified atom stereocenters. The number of carboxylic acid groups (broad SMARTS) is 1. The highest BCUT2D eigenvalue weighted by Crippen LogP contribution is 2.16. The molecule has 17 heavy (non-hydrogen) atoms. The molecule has 2 aromatic rings. The number of aromatic carboxylic acids is 1. The molecule has 2 aromatic heterocycles. The Morgan fingerprint density at radius 2 is 2.12 bits per heavy atom. The minimum Gasteiger partial charge on any atom is -0.478 e. The quantitative estimate of drug-likeness (QED) is 0.810. The monoisotopic (exact) mass is 232 g/mol. The molecule has 0 bridgehead atoms. The molecule has 6 nitrogen and oxygen atoms in total. The molecule has 0 aliphatic rings. The first-order valence-electron chi connectivity index (χ1n) is 5.00. The number of hydrogen-bond acceptors (Lipinski definition) is 4. The van der Waals surface area contributed by atoms with Crippen LogP contribution in [-0.4, -0.2) is 25.6 Å². The lowest BCUT2D eigenvalue weighted by molar-refractivity contribution is 0.0698. The number of hydrogen-bond donors (Lipinski definition) is 2. The summed E-state index contributed by atoms with van der Waals surface area (Å²) in [5.41, 5.74) is 7.53. The van der Waals surface area contributed by atoms with Crippen molar-refractivity contribution in [1.29, 1.82) is 0 Å². The van der Waals surface area contributed by atoms with Crippen LogP contribution in [0.1, 0.15) is 21.7 Å². The van der Waals surface area contributed by atoms with Crippen LogP contribution < -0.4 is 5.73 Å². The van der Waals surface area contributed by atoms with Gasteiger partial charge in [-0.3, -0.25) is 4.57 Å². The zero-order chi connectivity index (χ0) is 12.6. The molecule has 0 saturated heterocycles. The molecule has 2 rings (SSSR count). The van der Waals surface area contributed by atoms with Gasteiger partial charge in [0.2, 0.25) is 0 Å². The third kappa shape index (κ3) is 1.84. The molecule has 0 amide bonds. The van der Waals surface area contributed by atoms with Gasteiger partial charge in [0.1, 0.15) is 12.1 Å². The second-order valence-electron chi connectivity index (χ2n) is 3.72. The Balaban J connectivity index is 2.58. The summed E-state index contributed by atoms with van der Waals surface area (Å²) in [4.78, 5) is 19.2. The molecule has 3 N–H and O–H groups in total. The first-order chi connectivity index (χ1) is 8.00. The van der Waals surface area contributed by atoms with E-state index < -0.39 is 5.97 Å². The number of nitrogens with two attached hydrogens (primary N) is 1. The molecule has 88 valence electrons. The van der Waals surface area contributed by atoms with Crippen molar-refractivity contribution in [1.82, 2.24) is 14.5 Å². The number of anilines is 1. The molecule has 0 atom stereocenters. The minimum absolute atomic E-state index is 0.0424. The summed E-state index contributed by atoms with van der Waals surface area (Å²) in [6.07, 6.45) is 2.95. The normalized spacial score (nSPS) is 10.5. The van der Waals surface area contributed by atoms with Gasteiger partial charge in [-0.25, -0.2) is 14.8 Å².